The summed E-state index contributed by atoms with van der Waals surface area (Å²) in [5.41, 5.74) is 0. The van der Waals surface area contributed by atoms with E-state index in [9.17, 15) is 0 Å². The molecule has 0 aromatic carbocycles. The Morgan fingerprint density at radius 3 is 1.94 bits per heavy atom. The average Bonchev–Trinajstić information content (AvgIpc) is 2.89. The maximum atomic E-state index is 3.64. The SMILES string of the molecule is CNC(CC1CCCC1)C1CCC(C(C)C)CC1. The fourth-order valence-corrected chi connectivity index (χ4v) is 4.37. The molecule has 0 aromatic heterocycles. The molecule has 1 nitrogen and oxygen atoms in total. The van der Waals surface area contributed by atoms with E-state index in [-0.39, 0.29) is 0 Å². The van der Waals surface area contributed by atoms with Crippen LogP contribution in [-0.4, -0.2) is 13.1 Å². The fourth-order valence-electron chi connectivity index (χ4n) is 4.37. The summed E-state index contributed by atoms with van der Waals surface area (Å²) in [7, 11) is 2.19. The first-order valence-corrected chi connectivity index (χ1v) is 8.38. The molecule has 0 heterocycles. The van der Waals surface area contributed by atoms with Crippen LogP contribution in [0.4, 0.5) is 0 Å². The standard InChI is InChI=1S/C17H33N/c1-13(2)15-8-10-16(11-9-15)17(18-3)12-14-6-4-5-7-14/h13-18H,4-12H2,1-3H3. The Hall–Kier alpha value is -0.0400. The van der Waals surface area contributed by atoms with Crippen molar-refractivity contribution in [1.82, 2.24) is 5.32 Å². The summed E-state index contributed by atoms with van der Waals surface area (Å²) >= 11 is 0. The highest BCUT2D eigenvalue weighted by Gasteiger charge is 2.30. The molecule has 2 fully saturated rings. The van der Waals surface area contributed by atoms with Gasteiger partial charge in [0.2, 0.25) is 0 Å². The first kappa shape index (κ1) is 14.4. The fraction of sp³-hybridized carbons (Fsp3) is 1.00. The van der Waals surface area contributed by atoms with E-state index in [2.05, 4.69) is 26.2 Å². The van der Waals surface area contributed by atoms with Gasteiger partial charge in [0.05, 0.1) is 0 Å². The van der Waals surface area contributed by atoms with Crippen molar-refractivity contribution in [1.29, 1.82) is 0 Å². The molecule has 0 saturated heterocycles. The molecule has 1 heteroatoms. The van der Waals surface area contributed by atoms with Crippen LogP contribution in [0, 0.1) is 23.7 Å². The minimum absolute atomic E-state index is 0.807. The van der Waals surface area contributed by atoms with Gasteiger partial charge in [0, 0.05) is 6.04 Å². The molecule has 18 heavy (non-hydrogen) atoms. The molecule has 1 atom stereocenters. The van der Waals surface area contributed by atoms with Crippen molar-refractivity contribution >= 4 is 0 Å². The zero-order valence-corrected chi connectivity index (χ0v) is 12.8. The molecule has 0 radical (unpaired) electrons. The van der Waals surface area contributed by atoms with Gasteiger partial charge < -0.3 is 5.32 Å². The molecule has 2 aliphatic rings. The highest BCUT2D eigenvalue weighted by molar-refractivity contribution is 4.84. The molecular formula is C17H33N. The summed E-state index contributed by atoms with van der Waals surface area (Å²) < 4.78 is 0. The molecule has 0 spiro atoms. The smallest absolute Gasteiger partial charge is 0.00949 e. The van der Waals surface area contributed by atoms with Crippen molar-refractivity contribution in [3.05, 3.63) is 0 Å². The highest BCUT2D eigenvalue weighted by Crippen LogP contribution is 2.37. The predicted octanol–water partition coefficient (Wildman–Crippen LogP) is 4.62. The number of rotatable bonds is 5. The van der Waals surface area contributed by atoms with Gasteiger partial charge in [-0.2, -0.15) is 0 Å². The van der Waals surface area contributed by atoms with E-state index in [1.165, 1.54) is 57.8 Å². The van der Waals surface area contributed by atoms with E-state index < -0.39 is 0 Å². The normalized spacial score (nSPS) is 32.0. The van der Waals surface area contributed by atoms with Gasteiger partial charge in [-0.15, -0.1) is 0 Å². The van der Waals surface area contributed by atoms with Gasteiger partial charge in [-0.25, -0.2) is 0 Å². The molecule has 2 rings (SSSR count). The summed E-state index contributed by atoms with van der Waals surface area (Å²) in [6, 6.07) is 0.807. The molecule has 0 bridgehead atoms. The summed E-state index contributed by atoms with van der Waals surface area (Å²) in [5.74, 6) is 3.90. The molecular weight excluding hydrogens is 218 g/mol. The summed E-state index contributed by atoms with van der Waals surface area (Å²) in [6.07, 6.45) is 13.3. The van der Waals surface area contributed by atoms with Gasteiger partial charge in [-0.1, -0.05) is 39.5 Å². The number of nitrogens with one attached hydrogen (secondary N) is 1. The Morgan fingerprint density at radius 1 is 0.889 bits per heavy atom. The Labute approximate surface area is 114 Å². The zero-order chi connectivity index (χ0) is 13.0. The Balaban J connectivity index is 1.78. The van der Waals surface area contributed by atoms with E-state index >= 15 is 0 Å². The third-order valence-corrected chi connectivity index (χ3v) is 5.76. The average molecular weight is 251 g/mol. The van der Waals surface area contributed by atoms with Crippen LogP contribution >= 0.6 is 0 Å². The monoisotopic (exact) mass is 251 g/mol. The lowest BCUT2D eigenvalue weighted by molar-refractivity contribution is 0.178. The van der Waals surface area contributed by atoms with E-state index in [1.54, 1.807) is 0 Å². The molecule has 0 aliphatic heterocycles. The maximum absolute atomic E-state index is 3.64. The number of hydrogen-bond acceptors (Lipinski definition) is 1. The zero-order valence-electron chi connectivity index (χ0n) is 12.8. The van der Waals surface area contributed by atoms with Crippen LogP contribution in [0.1, 0.15) is 71.6 Å². The van der Waals surface area contributed by atoms with Gasteiger partial charge in [-0.3, -0.25) is 0 Å². The first-order chi connectivity index (χ1) is 8.70. The minimum Gasteiger partial charge on any atom is -0.317 e. The van der Waals surface area contributed by atoms with Crippen molar-refractivity contribution in [3.8, 4) is 0 Å². The van der Waals surface area contributed by atoms with Crippen molar-refractivity contribution in [2.75, 3.05) is 7.05 Å². The number of hydrogen-bond donors (Lipinski definition) is 1. The topological polar surface area (TPSA) is 12.0 Å². The molecule has 2 aliphatic carbocycles. The second-order valence-electron chi connectivity index (χ2n) is 7.20. The molecule has 0 aromatic rings. The lowest BCUT2D eigenvalue weighted by atomic mass is 9.73. The van der Waals surface area contributed by atoms with E-state index in [0.29, 0.717) is 0 Å². The van der Waals surface area contributed by atoms with Crippen LogP contribution in [0.2, 0.25) is 0 Å². The van der Waals surface area contributed by atoms with Crippen LogP contribution < -0.4 is 5.32 Å². The second-order valence-corrected chi connectivity index (χ2v) is 7.20. The largest absolute Gasteiger partial charge is 0.317 e. The van der Waals surface area contributed by atoms with Crippen LogP contribution in [0.15, 0.2) is 0 Å². The van der Waals surface area contributed by atoms with Gasteiger partial charge in [0.25, 0.3) is 0 Å². The van der Waals surface area contributed by atoms with Crippen molar-refractivity contribution < 1.29 is 0 Å². The second kappa shape index (κ2) is 6.93. The lowest BCUT2D eigenvalue weighted by Gasteiger charge is -2.36. The van der Waals surface area contributed by atoms with E-state index in [4.69, 9.17) is 0 Å². The quantitative estimate of drug-likeness (QED) is 0.752. The third-order valence-electron chi connectivity index (χ3n) is 5.76. The Kier molecular flexibility index (Phi) is 5.54. The molecule has 0 amide bonds. The highest BCUT2D eigenvalue weighted by atomic mass is 14.9. The summed E-state index contributed by atoms with van der Waals surface area (Å²) in [5, 5.41) is 3.64. The lowest BCUT2D eigenvalue weighted by Crippen LogP contribution is -2.37. The molecule has 2 saturated carbocycles. The molecule has 1 unspecified atom stereocenters. The van der Waals surface area contributed by atoms with Gasteiger partial charge in [0.1, 0.15) is 0 Å². The molecule has 1 N–H and O–H groups in total. The van der Waals surface area contributed by atoms with Gasteiger partial charge in [-0.05, 0) is 62.8 Å². The summed E-state index contributed by atoms with van der Waals surface area (Å²) in [6.45, 7) is 4.80. The van der Waals surface area contributed by atoms with Crippen molar-refractivity contribution in [3.63, 3.8) is 0 Å². The Morgan fingerprint density at radius 2 is 1.44 bits per heavy atom. The molecule has 106 valence electrons. The van der Waals surface area contributed by atoms with Crippen LogP contribution in [0.25, 0.3) is 0 Å². The van der Waals surface area contributed by atoms with Gasteiger partial charge in [0.15, 0.2) is 0 Å². The summed E-state index contributed by atoms with van der Waals surface area (Å²) in [4.78, 5) is 0. The first-order valence-electron chi connectivity index (χ1n) is 8.38. The minimum atomic E-state index is 0.807. The maximum Gasteiger partial charge on any atom is 0.00949 e. The Bertz CT molecular complexity index is 222. The van der Waals surface area contributed by atoms with Crippen molar-refractivity contribution in [2.45, 2.75) is 77.7 Å². The third kappa shape index (κ3) is 3.73. The van der Waals surface area contributed by atoms with Crippen LogP contribution in [0.3, 0.4) is 0 Å². The van der Waals surface area contributed by atoms with E-state index in [0.717, 1.165) is 29.7 Å². The van der Waals surface area contributed by atoms with Gasteiger partial charge >= 0.3 is 0 Å². The van der Waals surface area contributed by atoms with Crippen LogP contribution in [0.5, 0.6) is 0 Å². The van der Waals surface area contributed by atoms with Crippen molar-refractivity contribution in [2.24, 2.45) is 23.7 Å². The predicted molar refractivity (Wildman–Crippen MR) is 79.7 cm³/mol. The van der Waals surface area contributed by atoms with E-state index in [1.807, 2.05) is 0 Å². The van der Waals surface area contributed by atoms with Crippen LogP contribution in [-0.2, 0) is 0 Å².